The van der Waals surface area contributed by atoms with E-state index in [4.69, 9.17) is 24.7 Å². The lowest BCUT2D eigenvalue weighted by atomic mass is 10.0. The van der Waals surface area contributed by atoms with Crippen molar-refractivity contribution in [1.29, 1.82) is 0 Å². The second-order valence-corrected chi connectivity index (χ2v) is 12.5. The molecule has 4 heterocycles. The standard InChI is InChI=1S/C19H25N3O6.C13H14N2O3/c1-19(2,3)28-18(25)20-12-7-16(23)21(9-12)13-5-6-15-14(8-13)22(11-26-4)17(24)10-27-15;14-9-5-13(17)15(6-9)10-1-2-12-8(3-10)4-11(16)7-18-12/h5-6,8,12H,7,9-11H2,1-4H3,(H,20,25);1-3,9H,4-7,14H2/t12-;9-/m11/s1. The van der Waals surface area contributed by atoms with Crippen LogP contribution in [0.4, 0.5) is 21.9 Å². The molecule has 14 nitrogen and oxygen atoms in total. The topological polar surface area (TPSA) is 170 Å². The van der Waals surface area contributed by atoms with Crippen LogP contribution in [0.25, 0.3) is 0 Å². The fourth-order valence-corrected chi connectivity index (χ4v) is 5.58. The second-order valence-electron chi connectivity index (χ2n) is 12.5. The quantitative estimate of drug-likeness (QED) is 0.494. The Morgan fingerprint density at radius 3 is 2.24 bits per heavy atom. The summed E-state index contributed by atoms with van der Waals surface area (Å²) in [6, 6.07) is 10.2. The van der Waals surface area contributed by atoms with Gasteiger partial charge in [0.15, 0.2) is 12.4 Å². The van der Waals surface area contributed by atoms with Crippen molar-refractivity contribution < 1.29 is 42.9 Å². The Bertz CT molecular complexity index is 1540. The molecule has 4 aliphatic rings. The Morgan fingerprint density at radius 2 is 1.57 bits per heavy atom. The van der Waals surface area contributed by atoms with Crippen LogP contribution in [0, 0.1) is 0 Å². The summed E-state index contributed by atoms with van der Waals surface area (Å²) in [5.74, 6) is 1.03. The Hall–Kier alpha value is -4.69. The van der Waals surface area contributed by atoms with Crippen LogP contribution >= 0.6 is 0 Å². The number of nitrogens with zero attached hydrogens (tertiary/aromatic N) is 3. The molecule has 2 atom stereocenters. The molecular weight excluding hydrogens is 598 g/mol. The van der Waals surface area contributed by atoms with E-state index >= 15 is 0 Å². The molecule has 246 valence electrons. The number of nitrogens with one attached hydrogen (secondary N) is 1. The number of carbonyl (C=O) groups is 5. The van der Waals surface area contributed by atoms with Crippen molar-refractivity contribution in [2.24, 2.45) is 5.73 Å². The number of methoxy groups -OCH3 is 1. The van der Waals surface area contributed by atoms with Crippen LogP contribution in [0.15, 0.2) is 36.4 Å². The summed E-state index contributed by atoms with van der Waals surface area (Å²) in [4.78, 5) is 64.4. The van der Waals surface area contributed by atoms with E-state index in [2.05, 4.69) is 5.32 Å². The smallest absolute Gasteiger partial charge is 0.407 e. The molecule has 0 aliphatic carbocycles. The van der Waals surface area contributed by atoms with Gasteiger partial charge in [-0.15, -0.1) is 0 Å². The first kappa shape index (κ1) is 32.7. The average Bonchev–Trinajstić information content (AvgIpc) is 3.52. The minimum atomic E-state index is -0.609. The van der Waals surface area contributed by atoms with Crippen LogP contribution in [0.1, 0.15) is 39.2 Å². The van der Waals surface area contributed by atoms with Crippen molar-refractivity contribution in [2.75, 3.05) is 54.8 Å². The zero-order chi connectivity index (χ0) is 33.2. The first-order valence-electron chi connectivity index (χ1n) is 15.0. The van der Waals surface area contributed by atoms with Crippen LogP contribution in [0.5, 0.6) is 11.5 Å². The number of Topliss-reactive ketones (excluding diaryl/α,β-unsaturated/α-hetero) is 1. The van der Waals surface area contributed by atoms with Gasteiger partial charge in [-0.05, 0) is 57.2 Å². The molecule has 4 amide bonds. The Kier molecular flexibility index (Phi) is 9.49. The third-order valence-electron chi connectivity index (χ3n) is 7.59. The van der Waals surface area contributed by atoms with Crippen LogP contribution in [-0.4, -0.2) is 87.4 Å². The van der Waals surface area contributed by atoms with Gasteiger partial charge in [-0.2, -0.15) is 0 Å². The van der Waals surface area contributed by atoms with E-state index in [1.54, 1.807) is 48.8 Å². The molecule has 0 bridgehead atoms. The first-order chi connectivity index (χ1) is 21.8. The minimum Gasteiger partial charge on any atom is -0.486 e. The molecule has 0 saturated carbocycles. The van der Waals surface area contributed by atoms with E-state index < -0.39 is 11.7 Å². The number of anilines is 3. The third-order valence-corrected chi connectivity index (χ3v) is 7.59. The number of carbonyl (C=O) groups excluding carboxylic acids is 5. The summed E-state index contributed by atoms with van der Waals surface area (Å²) >= 11 is 0. The molecule has 0 spiro atoms. The zero-order valence-corrected chi connectivity index (χ0v) is 26.4. The summed E-state index contributed by atoms with van der Waals surface area (Å²) in [5.41, 5.74) is 7.97. The van der Waals surface area contributed by atoms with Gasteiger partial charge in [-0.1, -0.05) is 0 Å². The number of fused-ring (bicyclic) bond motifs is 2. The van der Waals surface area contributed by atoms with Gasteiger partial charge in [0.2, 0.25) is 11.8 Å². The number of amides is 4. The number of alkyl carbamates (subject to hydrolysis) is 1. The third kappa shape index (κ3) is 7.57. The highest BCUT2D eigenvalue weighted by Gasteiger charge is 2.34. The van der Waals surface area contributed by atoms with E-state index in [9.17, 15) is 24.0 Å². The highest BCUT2D eigenvalue weighted by atomic mass is 16.6. The number of nitrogens with two attached hydrogens (primary N) is 1. The second kappa shape index (κ2) is 13.3. The SMILES string of the molecule is COCN1C(=O)COc2ccc(N3C[C@H](NC(=O)OC(C)(C)C)CC3=O)cc21.N[C@@H]1CC(=O)N(c2ccc3c(c2)CC(=O)CO3)C1. The minimum absolute atomic E-state index is 0.0329. The fourth-order valence-electron chi connectivity index (χ4n) is 5.58. The molecule has 4 aliphatic heterocycles. The van der Waals surface area contributed by atoms with Gasteiger partial charge >= 0.3 is 6.09 Å². The van der Waals surface area contributed by atoms with E-state index in [1.165, 1.54) is 12.0 Å². The van der Waals surface area contributed by atoms with Gasteiger partial charge in [-0.3, -0.25) is 24.1 Å². The van der Waals surface area contributed by atoms with Crippen LogP contribution < -0.4 is 35.2 Å². The van der Waals surface area contributed by atoms with Crippen LogP contribution in [0.2, 0.25) is 0 Å². The molecule has 0 aromatic heterocycles. The number of rotatable bonds is 5. The first-order valence-corrected chi connectivity index (χ1v) is 15.0. The van der Waals surface area contributed by atoms with E-state index in [1.807, 2.05) is 18.2 Å². The zero-order valence-electron chi connectivity index (χ0n) is 26.4. The van der Waals surface area contributed by atoms with Gasteiger partial charge < -0.3 is 39.8 Å². The molecule has 2 aromatic rings. The highest BCUT2D eigenvalue weighted by molar-refractivity contribution is 6.01. The van der Waals surface area contributed by atoms with E-state index in [-0.39, 0.29) is 62.0 Å². The normalized spacial score (nSPS) is 20.8. The Balaban J connectivity index is 0.000000198. The van der Waals surface area contributed by atoms with Crippen molar-refractivity contribution in [3.8, 4) is 11.5 Å². The highest BCUT2D eigenvalue weighted by Crippen LogP contribution is 2.37. The monoisotopic (exact) mass is 637 g/mol. The van der Waals surface area contributed by atoms with Crippen molar-refractivity contribution in [3.63, 3.8) is 0 Å². The summed E-state index contributed by atoms with van der Waals surface area (Å²) < 4.78 is 21.1. The number of benzene rings is 2. The number of hydrogen-bond acceptors (Lipinski definition) is 10. The van der Waals surface area contributed by atoms with E-state index in [0.29, 0.717) is 43.1 Å². The molecule has 14 heteroatoms. The molecule has 2 fully saturated rings. The summed E-state index contributed by atoms with van der Waals surface area (Å²) in [7, 11) is 1.50. The van der Waals surface area contributed by atoms with Gasteiger partial charge in [0.05, 0.1) is 11.7 Å². The molecule has 6 rings (SSSR count). The number of hydrogen-bond donors (Lipinski definition) is 2. The fraction of sp³-hybridized carbons (Fsp3) is 0.469. The molecule has 46 heavy (non-hydrogen) atoms. The van der Waals surface area contributed by atoms with Crippen molar-refractivity contribution in [2.45, 2.75) is 57.7 Å². The van der Waals surface area contributed by atoms with E-state index in [0.717, 1.165) is 17.0 Å². The predicted octanol–water partition coefficient (Wildman–Crippen LogP) is 1.90. The molecule has 0 unspecified atom stereocenters. The molecule has 2 aromatic carbocycles. The lowest BCUT2D eigenvalue weighted by molar-refractivity contribution is -0.122. The van der Waals surface area contributed by atoms with Gasteiger partial charge in [0, 0.05) is 62.4 Å². The average molecular weight is 638 g/mol. The molecule has 2 saturated heterocycles. The largest absolute Gasteiger partial charge is 0.486 e. The van der Waals surface area contributed by atoms with Gasteiger partial charge in [-0.25, -0.2) is 4.79 Å². The van der Waals surface area contributed by atoms with Crippen molar-refractivity contribution in [3.05, 3.63) is 42.0 Å². The number of ketones is 1. The Morgan fingerprint density at radius 1 is 0.913 bits per heavy atom. The maximum atomic E-state index is 12.5. The Labute approximate surface area is 266 Å². The van der Waals surface area contributed by atoms with Crippen molar-refractivity contribution in [1.82, 2.24) is 5.32 Å². The van der Waals surface area contributed by atoms with Crippen LogP contribution in [-0.2, 0) is 35.1 Å². The van der Waals surface area contributed by atoms with Crippen LogP contribution in [0.3, 0.4) is 0 Å². The van der Waals surface area contributed by atoms with Gasteiger partial charge in [0.25, 0.3) is 5.91 Å². The van der Waals surface area contributed by atoms with Crippen molar-refractivity contribution >= 4 is 46.7 Å². The lowest BCUT2D eigenvalue weighted by Gasteiger charge is -2.30. The summed E-state index contributed by atoms with van der Waals surface area (Å²) in [6.07, 6.45) is 0.375. The molecular formula is C32H39N5O9. The molecule has 0 radical (unpaired) electrons. The van der Waals surface area contributed by atoms with Gasteiger partial charge in [0.1, 0.15) is 30.4 Å². The molecule has 3 N–H and O–H groups in total. The summed E-state index contributed by atoms with van der Waals surface area (Å²) in [6.45, 7) is 6.36. The lowest BCUT2D eigenvalue weighted by Crippen LogP contribution is -2.41. The maximum Gasteiger partial charge on any atom is 0.407 e. The predicted molar refractivity (Wildman–Crippen MR) is 167 cm³/mol. The maximum absolute atomic E-state index is 12.5. The summed E-state index contributed by atoms with van der Waals surface area (Å²) in [5, 5.41) is 2.73. The number of ether oxygens (including phenoxy) is 4.